The predicted molar refractivity (Wildman–Crippen MR) is 126 cm³/mol. The normalized spacial score (nSPS) is 17.7. The molecule has 0 N–H and O–H groups in total. The van der Waals surface area contributed by atoms with E-state index in [1.807, 2.05) is 0 Å². The van der Waals surface area contributed by atoms with Crippen molar-refractivity contribution in [3.63, 3.8) is 0 Å². The highest BCUT2D eigenvalue weighted by molar-refractivity contribution is 5.94. The zero-order valence-corrected chi connectivity index (χ0v) is 17.7. The van der Waals surface area contributed by atoms with Crippen LogP contribution in [0.2, 0.25) is 0 Å². The minimum absolute atomic E-state index is 0.417. The van der Waals surface area contributed by atoms with Gasteiger partial charge in [-0.15, -0.1) is 0 Å². The van der Waals surface area contributed by atoms with E-state index in [9.17, 15) is 0 Å². The first-order valence-corrected chi connectivity index (χ1v) is 10.6. The van der Waals surface area contributed by atoms with E-state index in [4.69, 9.17) is 4.74 Å². The van der Waals surface area contributed by atoms with Gasteiger partial charge in [0.05, 0.1) is 0 Å². The average molecular weight is 391 g/mol. The molecule has 0 saturated heterocycles. The van der Waals surface area contributed by atoms with Crippen molar-refractivity contribution in [3.8, 4) is 5.75 Å². The highest BCUT2D eigenvalue weighted by Crippen LogP contribution is 2.47. The van der Waals surface area contributed by atoms with Crippen molar-refractivity contribution in [2.45, 2.75) is 32.3 Å². The van der Waals surface area contributed by atoms with Crippen molar-refractivity contribution in [1.29, 1.82) is 0 Å². The molecule has 0 radical (unpaired) electrons. The smallest absolute Gasteiger partial charge is 0.178 e. The largest absolute Gasteiger partial charge is 0.472 e. The van der Waals surface area contributed by atoms with E-state index in [-0.39, 0.29) is 0 Å². The Balaban J connectivity index is 1.80. The first-order chi connectivity index (χ1) is 14.6. The Morgan fingerprint density at radius 3 is 2.17 bits per heavy atom. The fourth-order valence-corrected chi connectivity index (χ4v) is 4.47. The van der Waals surface area contributed by atoms with Crippen molar-refractivity contribution in [1.82, 2.24) is 0 Å². The van der Waals surface area contributed by atoms with Crippen molar-refractivity contribution >= 4 is 16.8 Å². The number of hydrogen-bond acceptors (Lipinski definition) is 1. The Bertz CT molecular complexity index is 1230. The first-order valence-electron chi connectivity index (χ1n) is 10.6. The molecule has 1 unspecified atom stereocenters. The zero-order chi connectivity index (χ0) is 20.7. The molecule has 0 aromatic heterocycles. The molecular weight excluding hydrogens is 364 g/mol. The Hall–Kier alpha value is -3.32. The topological polar surface area (TPSA) is 9.23 Å². The summed E-state index contributed by atoms with van der Waals surface area (Å²) >= 11 is 0. The Morgan fingerprint density at radius 1 is 0.767 bits per heavy atom. The lowest BCUT2D eigenvalue weighted by molar-refractivity contribution is 0.163. The Morgan fingerprint density at radius 2 is 1.43 bits per heavy atom. The molecule has 1 atom stereocenters. The molecule has 1 heterocycles. The summed E-state index contributed by atoms with van der Waals surface area (Å²) in [6.07, 6.45) is 4.50. The number of aryl methyl sites for hydroxylation is 1. The minimum atomic E-state index is -0.652. The summed E-state index contributed by atoms with van der Waals surface area (Å²) < 4.78 is 7.05. The Kier molecular flexibility index (Phi) is 4.47. The van der Waals surface area contributed by atoms with E-state index in [1.54, 1.807) is 0 Å². The van der Waals surface area contributed by atoms with Gasteiger partial charge in [-0.2, -0.15) is 0 Å². The second-order valence-corrected chi connectivity index (χ2v) is 8.49. The molecule has 1 heteroatoms. The van der Waals surface area contributed by atoms with Gasteiger partial charge in [0, 0.05) is 22.1 Å². The highest BCUT2D eigenvalue weighted by Gasteiger charge is 2.38. The quantitative estimate of drug-likeness (QED) is 0.349. The third kappa shape index (κ3) is 2.93. The summed E-state index contributed by atoms with van der Waals surface area (Å²) in [5.41, 5.74) is 5.39. The van der Waals surface area contributed by atoms with E-state index >= 15 is 0 Å². The molecule has 0 amide bonds. The third-order valence-electron chi connectivity index (χ3n) is 6.12. The van der Waals surface area contributed by atoms with Crippen molar-refractivity contribution in [2.24, 2.45) is 0 Å². The lowest BCUT2D eigenvalue weighted by Crippen LogP contribution is -2.34. The van der Waals surface area contributed by atoms with E-state index < -0.39 is 5.60 Å². The fourth-order valence-electron chi connectivity index (χ4n) is 4.47. The van der Waals surface area contributed by atoms with Crippen LogP contribution < -0.4 is 4.74 Å². The van der Waals surface area contributed by atoms with Crippen LogP contribution in [-0.2, 0) is 5.60 Å². The molecule has 0 aliphatic carbocycles. The van der Waals surface area contributed by atoms with Crippen LogP contribution in [0.25, 0.3) is 16.8 Å². The van der Waals surface area contributed by atoms with E-state index in [2.05, 4.69) is 118 Å². The maximum Gasteiger partial charge on any atom is 0.178 e. The molecule has 0 bridgehead atoms. The maximum atomic E-state index is 7.05. The molecule has 5 rings (SSSR count). The SMILES string of the molecule is Cc1ccc(C2(c3ccccc3)C=Cc3c(C(C)C)cc4ccccc4c3O2)cc1. The molecule has 4 aromatic rings. The second-order valence-electron chi connectivity index (χ2n) is 8.49. The minimum Gasteiger partial charge on any atom is -0.472 e. The number of rotatable bonds is 3. The zero-order valence-electron chi connectivity index (χ0n) is 17.7. The van der Waals surface area contributed by atoms with E-state index in [0.29, 0.717) is 5.92 Å². The average Bonchev–Trinajstić information content (AvgIpc) is 2.79. The number of hydrogen-bond donors (Lipinski definition) is 0. The first kappa shape index (κ1) is 18.7. The highest BCUT2D eigenvalue weighted by atomic mass is 16.5. The summed E-state index contributed by atoms with van der Waals surface area (Å²) in [6.45, 7) is 6.61. The van der Waals surface area contributed by atoms with Gasteiger partial charge >= 0.3 is 0 Å². The maximum absolute atomic E-state index is 7.05. The van der Waals surface area contributed by atoms with Gasteiger partial charge in [-0.3, -0.25) is 0 Å². The number of benzene rings is 4. The summed E-state index contributed by atoms with van der Waals surface area (Å²) in [5, 5.41) is 2.38. The van der Waals surface area contributed by atoms with Gasteiger partial charge in [0.25, 0.3) is 0 Å². The molecule has 148 valence electrons. The summed E-state index contributed by atoms with van der Waals surface area (Å²) in [7, 11) is 0. The Labute approximate surface area is 178 Å². The van der Waals surface area contributed by atoms with E-state index in [0.717, 1.165) is 22.3 Å². The lowest BCUT2D eigenvalue weighted by atomic mass is 9.81. The molecule has 1 aliphatic heterocycles. The molecule has 0 saturated carbocycles. The van der Waals surface area contributed by atoms with Gasteiger partial charge in [0.15, 0.2) is 5.60 Å². The van der Waals surface area contributed by atoms with Crippen LogP contribution in [0, 0.1) is 6.92 Å². The molecule has 0 fully saturated rings. The van der Waals surface area contributed by atoms with Gasteiger partial charge in [0.1, 0.15) is 5.75 Å². The van der Waals surface area contributed by atoms with Gasteiger partial charge in [-0.05, 0) is 29.9 Å². The van der Waals surface area contributed by atoms with Crippen LogP contribution in [0.15, 0.2) is 91.0 Å². The van der Waals surface area contributed by atoms with Crippen molar-refractivity contribution in [2.75, 3.05) is 0 Å². The second kappa shape index (κ2) is 7.18. The summed E-state index contributed by atoms with van der Waals surface area (Å²) in [6, 6.07) is 30.1. The molecule has 30 heavy (non-hydrogen) atoms. The van der Waals surface area contributed by atoms with Crippen LogP contribution in [-0.4, -0.2) is 0 Å². The standard InChI is InChI=1S/C29H26O/c1-20(2)27-19-22-9-7-8-12-25(22)28-26(27)17-18-29(30-28,23-10-5-4-6-11-23)24-15-13-21(3)14-16-24/h4-20H,1-3H3. The van der Waals surface area contributed by atoms with Crippen molar-refractivity contribution < 1.29 is 4.74 Å². The van der Waals surface area contributed by atoms with E-state index in [1.165, 1.54) is 22.1 Å². The number of ether oxygens (including phenoxy) is 1. The van der Waals surface area contributed by atoms with Crippen molar-refractivity contribution in [3.05, 3.63) is 119 Å². The van der Waals surface area contributed by atoms with Crippen LogP contribution >= 0.6 is 0 Å². The van der Waals surface area contributed by atoms with Crippen LogP contribution in [0.1, 0.15) is 47.6 Å². The predicted octanol–water partition coefficient (Wildman–Crippen LogP) is 7.62. The van der Waals surface area contributed by atoms with Crippen LogP contribution in [0.3, 0.4) is 0 Å². The van der Waals surface area contributed by atoms with Gasteiger partial charge < -0.3 is 4.74 Å². The summed E-state index contributed by atoms with van der Waals surface area (Å²) in [4.78, 5) is 0. The molecule has 4 aromatic carbocycles. The summed E-state index contributed by atoms with van der Waals surface area (Å²) in [5.74, 6) is 1.39. The third-order valence-corrected chi connectivity index (χ3v) is 6.12. The molecule has 0 spiro atoms. The fraction of sp³-hybridized carbons (Fsp3) is 0.172. The molecule has 1 nitrogen and oxygen atoms in total. The molecule has 1 aliphatic rings. The number of fused-ring (bicyclic) bond motifs is 3. The van der Waals surface area contributed by atoms with Gasteiger partial charge in [-0.1, -0.05) is 110 Å². The van der Waals surface area contributed by atoms with Gasteiger partial charge in [0.2, 0.25) is 0 Å². The molecular formula is C29H26O. The van der Waals surface area contributed by atoms with Gasteiger partial charge in [-0.25, -0.2) is 0 Å². The lowest BCUT2D eigenvalue weighted by Gasteiger charge is -2.37. The van der Waals surface area contributed by atoms with Crippen LogP contribution in [0.4, 0.5) is 0 Å². The monoisotopic (exact) mass is 390 g/mol. The van der Waals surface area contributed by atoms with Crippen LogP contribution in [0.5, 0.6) is 5.75 Å².